The van der Waals surface area contributed by atoms with E-state index in [1.54, 1.807) is 0 Å². The van der Waals surface area contributed by atoms with Crippen LogP contribution in [0.5, 0.6) is 0 Å². The average Bonchev–Trinajstić information content (AvgIpc) is 2.76. The third kappa shape index (κ3) is 5.38. The number of sulfonamides is 2. The second kappa shape index (κ2) is 10.1. The van der Waals surface area contributed by atoms with Crippen molar-refractivity contribution in [2.24, 2.45) is 0 Å². The second-order valence-corrected chi connectivity index (χ2v) is 11.2. The summed E-state index contributed by atoms with van der Waals surface area (Å²) in [5.41, 5.74) is -1.50. The van der Waals surface area contributed by atoms with Gasteiger partial charge in [0.1, 0.15) is 0 Å². The molecule has 0 aliphatic heterocycles. The normalized spacial score (nSPS) is 15.4. The molecular weight excluding hydrogens is 687 g/mol. The third-order valence-corrected chi connectivity index (χ3v) is 7.61. The van der Waals surface area contributed by atoms with Crippen molar-refractivity contribution in [2.75, 3.05) is 4.72 Å². The molecule has 0 fully saturated rings. The van der Waals surface area contributed by atoms with E-state index < -0.39 is 83.5 Å². The first-order valence-corrected chi connectivity index (χ1v) is 12.4. The van der Waals surface area contributed by atoms with Gasteiger partial charge in [-0.1, -0.05) is 0 Å². The van der Waals surface area contributed by atoms with E-state index in [0.29, 0.717) is 11.6 Å². The van der Waals surface area contributed by atoms with Crippen LogP contribution in [0.3, 0.4) is 0 Å². The number of benzene rings is 1. The maximum absolute atomic E-state index is 14.1. The van der Waals surface area contributed by atoms with Crippen molar-refractivity contribution in [1.82, 2.24) is 4.72 Å². The number of rotatable bonds is 11. The second-order valence-electron chi connectivity index (χ2n) is 7.75. The molecule has 26 heteroatoms. The van der Waals surface area contributed by atoms with E-state index in [0.717, 1.165) is 0 Å². The van der Waals surface area contributed by atoms with E-state index in [1.807, 2.05) is 0 Å². The maximum atomic E-state index is 14.1. The summed E-state index contributed by atoms with van der Waals surface area (Å²) in [5, 5.41) is -7.80. The summed E-state index contributed by atoms with van der Waals surface area (Å²) in [6.07, 6.45) is -7.94. The number of halogens is 17. The minimum Gasteiger partial charge on any atom is -0.278 e. The Bertz CT molecular complexity index is 1410. The van der Waals surface area contributed by atoms with Gasteiger partial charge in [-0.15, -0.1) is 0 Å². The molecule has 0 heterocycles. The van der Waals surface area contributed by atoms with Crippen LogP contribution in [-0.4, -0.2) is 69.7 Å². The van der Waals surface area contributed by atoms with Crippen molar-refractivity contribution in [3.8, 4) is 0 Å². The van der Waals surface area contributed by atoms with Crippen LogP contribution in [0.1, 0.15) is 6.92 Å². The lowest BCUT2D eigenvalue weighted by Gasteiger charge is -2.42. The van der Waals surface area contributed by atoms with E-state index in [-0.39, 0.29) is 24.3 Å². The van der Waals surface area contributed by atoms with E-state index in [9.17, 15) is 96.3 Å². The maximum Gasteiger partial charge on any atom is 0.460 e. The Hall–Kier alpha value is -2.80. The van der Waals surface area contributed by atoms with E-state index >= 15 is 0 Å². The minimum atomic E-state index is -8.97. The summed E-state index contributed by atoms with van der Waals surface area (Å²) in [7, 11) is -12.4. The Morgan fingerprint density at radius 1 is 0.571 bits per heavy atom. The van der Waals surface area contributed by atoms with E-state index in [2.05, 4.69) is 0 Å². The highest BCUT2D eigenvalue weighted by Gasteiger charge is 2.96. The molecule has 1 amide bonds. The molecule has 0 bridgehead atoms. The predicted molar refractivity (Wildman–Crippen MR) is 101 cm³/mol. The number of carbonyl (C=O) groups is 1. The molecule has 1 aromatic carbocycles. The van der Waals surface area contributed by atoms with Gasteiger partial charge in [-0.05, 0) is 24.3 Å². The summed E-state index contributed by atoms with van der Waals surface area (Å²) < 4.78 is 275. The van der Waals surface area contributed by atoms with Crippen molar-refractivity contribution >= 4 is 31.6 Å². The summed E-state index contributed by atoms with van der Waals surface area (Å²) >= 11 is 0. The van der Waals surface area contributed by atoms with Gasteiger partial charge in [-0.25, -0.2) is 13.1 Å². The van der Waals surface area contributed by atoms with Crippen LogP contribution in [0.4, 0.5) is 80.3 Å². The highest BCUT2D eigenvalue weighted by Crippen LogP contribution is 2.64. The average molecular weight is 696 g/mol. The minimum absolute atomic E-state index is 0.0706. The van der Waals surface area contributed by atoms with Crippen molar-refractivity contribution in [1.29, 1.82) is 0 Å². The fraction of sp³-hybridized carbons (Fsp3) is 0.562. The summed E-state index contributed by atoms with van der Waals surface area (Å²) in [4.78, 5) is 9.84. The van der Waals surface area contributed by atoms with Crippen LogP contribution in [0.2, 0.25) is 0 Å². The lowest BCUT2D eigenvalue weighted by molar-refractivity contribution is -0.458. The SMILES string of the molecule is CC(=O)NS(=O)(=O)c1ccc(NS(=O)(=O)C(F)(F)C(F)(F)C(F)(F)C(F)(F)C(F)(F)C(F)(F)C(F)(F)C(F)(F)F)cc1. The molecule has 244 valence electrons. The molecule has 0 unspecified atom stereocenters. The molecule has 0 saturated carbocycles. The molecule has 0 aromatic heterocycles. The molecule has 42 heavy (non-hydrogen) atoms. The first-order valence-electron chi connectivity index (χ1n) is 9.47. The highest BCUT2D eigenvalue weighted by molar-refractivity contribution is 7.93. The number of carbonyl (C=O) groups excluding carboxylic acids is 1. The molecule has 0 aliphatic carbocycles. The zero-order valence-electron chi connectivity index (χ0n) is 19.1. The van der Waals surface area contributed by atoms with Crippen LogP contribution in [-0.2, 0) is 24.8 Å². The van der Waals surface area contributed by atoms with Gasteiger partial charge in [0.2, 0.25) is 5.91 Å². The van der Waals surface area contributed by atoms with Gasteiger partial charge in [-0.2, -0.15) is 83.1 Å². The Balaban J connectivity index is 3.62. The molecule has 2 N–H and O–H groups in total. The van der Waals surface area contributed by atoms with Crippen LogP contribution >= 0.6 is 0 Å². The first-order chi connectivity index (χ1) is 18.1. The van der Waals surface area contributed by atoms with Gasteiger partial charge in [0, 0.05) is 12.6 Å². The lowest BCUT2D eigenvalue weighted by Crippen LogP contribution is -2.75. The quantitative estimate of drug-likeness (QED) is 0.309. The largest absolute Gasteiger partial charge is 0.460 e. The smallest absolute Gasteiger partial charge is 0.278 e. The fourth-order valence-corrected chi connectivity index (χ4v) is 4.52. The summed E-state index contributed by atoms with van der Waals surface area (Å²) in [6.45, 7) is 0.667. The molecular formula is C16H9F17N2O5S2. The van der Waals surface area contributed by atoms with Gasteiger partial charge in [0.05, 0.1) is 4.90 Å². The monoisotopic (exact) mass is 696 g/mol. The molecule has 1 rings (SSSR count). The third-order valence-electron chi connectivity index (χ3n) is 4.73. The standard InChI is InChI=1S/C16H9F17N2O5S2/c1-6(36)34-41(37,38)8-4-2-7(3-5-8)35-42(39,40)16(32,33)14(27,28)12(23,24)10(19,20)9(17,18)11(21,22)13(25,26)15(29,30)31/h2-5,35H,1H3,(H,34,36). The Labute approximate surface area is 221 Å². The molecule has 0 saturated heterocycles. The van der Waals surface area contributed by atoms with Crippen LogP contribution < -0.4 is 9.44 Å². The number of hydrogen-bond acceptors (Lipinski definition) is 5. The Kier molecular flexibility index (Phi) is 8.99. The van der Waals surface area contributed by atoms with Crippen LogP contribution in [0, 0.1) is 0 Å². The number of nitrogens with one attached hydrogen (secondary N) is 2. The van der Waals surface area contributed by atoms with Crippen molar-refractivity contribution in [3.05, 3.63) is 24.3 Å². The van der Waals surface area contributed by atoms with Crippen molar-refractivity contribution in [3.63, 3.8) is 0 Å². The molecule has 1 aromatic rings. The van der Waals surface area contributed by atoms with Crippen LogP contribution in [0.15, 0.2) is 29.2 Å². The summed E-state index contributed by atoms with van der Waals surface area (Å²) in [6, 6.07) is 0.597. The zero-order valence-corrected chi connectivity index (χ0v) is 20.7. The topological polar surface area (TPSA) is 109 Å². The van der Waals surface area contributed by atoms with E-state index in [4.69, 9.17) is 0 Å². The van der Waals surface area contributed by atoms with E-state index in [1.165, 1.54) is 4.72 Å². The van der Waals surface area contributed by atoms with Gasteiger partial charge in [0.15, 0.2) is 0 Å². The fourth-order valence-electron chi connectivity index (χ4n) is 2.49. The van der Waals surface area contributed by atoms with Crippen molar-refractivity contribution in [2.45, 2.75) is 58.8 Å². The lowest BCUT2D eigenvalue weighted by atomic mass is 9.91. The van der Waals surface area contributed by atoms with Gasteiger partial charge in [0.25, 0.3) is 10.0 Å². The van der Waals surface area contributed by atoms with Crippen molar-refractivity contribution < 1.29 is 96.3 Å². The zero-order chi connectivity index (χ0) is 34.0. The number of hydrogen-bond donors (Lipinski definition) is 2. The predicted octanol–water partition coefficient (Wildman–Crippen LogP) is 5.22. The molecule has 0 radical (unpaired) electrons. The van der Waals surface area contributed by atoms with Gasteiger partial charge >= 0.3 is 57.0 Å². The molecule has 0 atom stereocenters. The Morgan fingerprint density at radius 2 is 0.905 bits per heavy atom. The Morgan fingerprint density at radius 3 is 1.24 bits per heavy atom. The number of amides is 1. The highest BCUT2D eigenvalue weighted by atomic mass is 32.2. The summed E-state index contributed by atoms with van der Waals surface area (Å²) in [5.74, 6) is -53.6. The van der Waals surface area contributed by atoms with Gasteiger partial charge < -0.3 is 0 Å². The number of alkyl halides is 17. The molecule has 0 aliphatic rings. The number of anilines is 1. The van der Waals surface area contributed by atoms with Crippen LogP contribution in [0.25, 0.3) is 0 Å². The molecule has 7 nitrogen and oxygen atoms in total. The first kappa shape index (κ1) is 37.2. The van der Waals surface area contributed by atoms with Gasteiger partial charge in [-0.3, -0.25) is 9.52 Å². The molecule has 0 spiro atoms.